The Hall–Kier alpha value is -2.92. The largest absolute Gasteiger partial charge is 0.364 e. The second kappa shape index (κ2) is 7.00. The maximum atomic E-state index is 11.9. The van der Waals surface area contributed by atoms with Crippen LogP contribution in [0.25, 0.3) is 0 Å². The summed E-state index contributed by atoms with van der Waals surface area (Å²) in [6.45, 7) is 6.98. The van der Waals surface area contributed by atoms with Crippen molar-refractivity contribution in [3.63, 3.8) is 0 Å². The lowest BCUT2D eigenvalue weighted by molar-refractivity contribution is 0.0988. The van der Waals surface area contributed by atoms with E-state index in [1.54, 1.807) is 0 Å². The van der Waals surface area contributed by atoms with Crippen molar-refractivity contribution in [1.29, 1.82) is 0 Å². The van der Waals surface area contributed by atoms with Gasteiger partial charge in [-0.3, -0.25) is 4.79 Å². The number of hydrogen-bond donors (Lipinski definition) is 2. The Morgan fingerprint density at radius 1 is 1.11 bits per heavy atom. The highest BCUT2D eigenvalue weighted by Crippen LogP contribution is 2.35. The molecular formula is C22H24N4O. The van der Waals surface area contributed by atoms with E-state index >= 15 is 0 Å². The van der Waals surface area contributed by atoms with Crippen molar-refractivity contribution < 1.29 is 4.79 Å². The van der Waals surface area contributed by atoms with Crippen LogP contribution in [0.4, 0.5) is 11.4 Å². The molecule has 2 aromatic rings. The molecule has 27 heavy (non-hydrogen) atoms. The minimum atomic E-state index is 0.0598. The molecule has 1 atom stereocenters. The Morgan fingerprint density at radius 3 is 2.56 bits per heavy atom. The molecule has 2 aliphatic heterocycles. The van der Waals surface area contributed by atoms with Gasteiger partial charge in [0.2, 0.25) is 0 Å². The first-order valence-electron chi connectivity index (χ1n) is 9.44. The first-order chi connectivity index (χ1) is 13.1. The van der Waals surface area contributed by atoms with Crippen LogP contribution in [0.2, 0.25) is 0 Å². The van der Waals surface area contributed by atoms with Crippen LogP contribution in [-0.4, -0.2) is 29.2 Å². The number of nitrogens with one attached hydrogen (secondary N) is 2. The molecule has 0 amide bonds. The molecule has 5 heteroatoms. The SMILES string of the molecule is CCC(=O)c1ccc(N=C2C3=C(C)NN(CC)C3Nc3ccccc32)cc1. The summed E-state index contributed by atoms with van der Waals surface area (Å²) in [5, 5.41) is 5.80. The molecule has 0 radical (unpaired) electrons. The fraction of sp³-hybridized carbons (Fsp3) is 0.273. The number of rotatable bonds is 4. The van der Waals surface area contributed by atoms with E-state index in [9.17, 15) is 4.79 Å². The molecule has 0 aliphatic carbocycles. The summed E-state index contributed by atoms with van der Waals surface area (Å²) in [4.78, 5) is 16.9. The van der Waals surface area contributed by atoms with E-state index in [2.05, 4.69) is 41.7 Å². The number of Topliss-reactive ketones (excluding diaryl/α,β-unsaturated/α-hetero) is 1. The number of hydrogen-bond acceptors (Lipinski definition) is 5. The first-order valence-corrected chi connectivity index (χ1v) is 9.44. The number of carbonyl (C=O) groups excluding carboxylic acids is 1. The monoisotopic (exact) mass is 360 g/mol. The third-order valence-electron chi connectivity index (χ3n) is 5.12. The molecule has 4 rings (SSSR count). The zero-order valence-corrected chi connectivity index (χ0v) is 15.9. The Labute approximate surface area is 159 Å². The summed E-state index contributed by atoms with van der Waals surface area (Å²) in [7, 11) is 0. The third-order valence-corrected chi connectivity index (χ3v) is 5.12. The number of ketones is 1. The van der Waals surface area contributed by atoms with Gasteiger partial charge in [0.25, 0.3) is 0 Å². The van der Waals surface area contributed by atoms with Gasteiger partial charge < -0.3 is 10.7 Å². The summed E-state index contributed by atoms with van der Waals surface area (Å²) in [5.41, 5.74) is 10.5. The molecule has 2 heterocycles. The van der Waals surface area contributed by atoms with Crippen LogP contribution < -0.4 is 10.7 Å². The molecule has 2 aromatic carbocycles. The number of carbonyl (C=O) groups is 1. The summed E-state index contributed by atoms with van der Waals surface area (Å²) in [6, 6.07) is 15.8. The quantitative estimate of drug-likeness (QED) is 0.800. The van der Waals surface area contributed by atoms with Crippen LogP contribution in [0.1, 0.15) is 43.1 Å². The second-order valence-corrected chi connectivity index (χ2v) is 6.81. The van der Waals surface area contributed by atoms with Gasteiger partial charge in [0, 0.05) is 41.1 Å². The third kappa shape index (κ3) is 3.04. The molecule has 0 saturated heterocycles. The lowest BCUT2D eigenvalue weighted by atomic mass is 9.93. The predicted octanol–water partition coefficient (Wildman–Crippen LogP) is 4.27. The molecule has 1 unspecified atom stereocenters. The molecule has 2 aliphatic rings. The Kier molecular flexibility index (Phi) is 4.54. The fourth-order valence-corrected chi connectivity index (χ4v) is 3.70. The highest BCUT2D eigenvalue weighted by molar-refractivity contribution is 6.19. The molecule has 0 aromatic heterocycles. The Morgan fingerprint density at radius 2 is 1.85 bits per heavy atom. The van der Waals surface area contributed by atoms with Gasteiger partial charge in [-0.1, -0.05) is 32.0 Å². The van der Waals surface area contributed by atoms with Crippen LogP contribution in [0, 0.1) is 0 Å². The maximum absolute atomic E-state index is 11.9. The number of allylic oxidation sites excluding steroid dienone is 1. The van der Waals surface area contributed by atoms with Gasteiger partial charge in [-0.15, -0.1) is 0 Å². The van der Waals surface area contributed by atoms with Crippen LogP contribution in [-0.2, 0) is 0 Å². The van der Waals surface area contributed by atoms with Gasteiger partial charge in [-0.05, 0) is 37.3 Å². The molecular weight excluding hydrogens is 336 g/mol. The number of nitrogens with zero attached hydrogens (tertiary/aromatic N) is 2. The Bertz CT molecular complexity index is 943. The second-order valence-electron chi connectivity index (χ2n) is 6.81. The molecule has 0 bridgehead atoms. The highest BCUT2D eigenvalue weighted by Gasteiger charge is 2.37. The Balaban J connectivity index is 1.80. The molecule has 5 nitrogen and oxygen atoms in total. The summed E-state index contributed by atoms with van der Waals surface area (Å²) in [5.74, 6) is 0.151. The van der Waals surface area contributed by atoms with Crippen LogP contribution in [0.15, 0.2) is 64.8 Å². The number of benzene rings is 2. The van der Waals surface area contributed by atoms with E-state index in [1.165, 1.54) is 5.57 Å². The van der Waals surface area contributed by atoms with Gasteiger partial charge in [-0.25, -0.2) is 4.99 Å². The topological polar surface area (TPSA) is 56.7 Å². The van der Waals surface area contributed by atoms with E-state index in [1.807, 2.05) is 43.3 Å². The molecule has 0 spiro atoms. The van der Waals surface area contributed by atoms with Crippen molar-refractivity contribution in [3.8, 4) is 0 Å². The van der Waals surface area contributed by atoms with Crippen LogP contribution in [0.3, 0.4) is 0 Å². The minimum absolute atomic E-state index is 0.0598. The summed E-state index contributed by atoms with van der Waals surface area (Å²) >= 11 is 0. The average molecular weight is 360 g/mol. The predicted molar refractivity (Wildman–Crippen MR) is 109 cm³/mol. The molecule has 2 N–H and O–H groups in total. The zero-order chi connectivity index (χ0) is 19.0. The van der Waals surface area contributed by atoms with Crippen LogP contribution >= 0.6 is 0 Å². The number of para-hydroxylation sites is 1. The molecule has 0 saturated carbocycles. The van der Waals surface area contributed by atoms with Crippen molar-refractivity contribution in [2.45, 2.75) is 33.4 Å². The van der Waals surface area contributed by atoms with Gasteiger partial charge in [0.05, 0.1) is 11.4 Å². The minimum Gasteiger partial charge on any atom is -0.364 e. The van der Waals surface area contributed by atoms with Crippen molar-refractivity contribution in [1.82, 2.24) is 10.4 Å². The number of likely N-dealkylation sites (N-methyl/N-ethyl adjacent to an activating group) is 1. The number of fused-ring (bicyclic) bond motifs is 2. The first kappa shape index (κ1) is 17.5. The van der Waals surface area contributed by atoms with E-state index < -0.39 is 0 Å². The number of aliphatic imine (C=N–C) groups is 1. The van der Waals surface area contributed by atoms with E-state index in [4.69, 9.17) is 4.99 Å². The van der Waals surface area contributed by atoms with E-state index in [0.29, 0.717) is 6.42 Å². The van der Waals surface area contributed by atoms with Crippen molar-refractivity contribution in [3.05, 3.63) is 70.9 Å². The van der Waals surface area contributed by atoms with E-state index in [-0.39, 0.29) is 11.9 Å². The van der Waals surface area contributed by atoms with Gasteiger partial charge >= 0.3 is 0 Å². The molecule has 138 valence electrons. The van der Waals surface area contributed by atoms with E-state index in [0.717, 1.165) is 40.5 Å². The van der Waals surface area contributed by atoms with Crippen molar-refractivity contribution in [2.24, 2.45) is 4.99 Å². The summed E-state index contributed by atoms with van der Waals surface area (Å²) < 4.78 is 0. The number of anilines is 1. The normalized spacial score (nSPS) is 20.1. The van der Waals surface area contributed by atoms with Crippen molar-refractivity contribution >= 4 is 22.9 Å². The lowest BCUT2D eigenvalue weighted by Crippen LogP contribution is -2.46. The summed E-state index contributed by atoms with van der Waals surface area (Å²) in [6.07, 6.45) is 0.573. The van der Waals surface area contributed by atoms with Gasteiger partial charge in [0.1, 0.15) is 6.17 Å². The van der Waals surface area contributed by atoms with Crippen LogP contribution in [0.5, 0.6) is 0 Å². The number of hydrazine groups is 1. The fourth-order valence-electron chi connectivity index (χ4n) is 3.70. The van der Waals surface area contributed by atoms with Gasteiger partial charge in [0.15, 0.2) is 5.78 Å². The molecule has 0 fully saturated rings. The lowest BCUT2D eigenvalue weighted by Gasteiger charge is -2.32. The smallest absolute Gasteiger partial charge is 0.162 e. The zero-order valence-electron chi connectivity index (χ0n) is 15.9. The van der Waals surface area contributed by atoms with Crippen molar-refractivity contribution in [2.75, 3.05) is 11.9 Å². The highest BCUT2D eigenvalue weighted by atomic mass is 16.1. The maximum Gasteiger partial charge on any atom is 0.162 e. The van der Waals surface area contributed by atoms with Gasteiger partial charge in [-0.2, -0.15) is 5.01 Å². The standard InChI is InChI=1S/C22H24N4O/c1-4-19(27)15-10-12-16(13-11-15)23-21-17-8-6-7-9-18(17)24-22-20(21)14(3)25-26(22)5-2/h6-13,22,24-25H,4-5H2,1-3H3. The average Bonchev–Trinajstić information content (AvgIpc) is 3.03.